The lowest BCUT2D eigenvalue weighted by molar-refractivity contribution is -0.119. The third kappa shape index (κ3) is 3.36. The summed E-state index contributed by atoms with van der Waals surface area (Å²) < 4.78 is 6.87. The van der Waals surface area contributed by atoms with Crippen molar-refractivity contribution in [3.63, 3.8) is 0 Å². The van der Waals surface area contributed by atoms with E-state index in [1.165, 1.54) is 24.1 Å². The molecule has 2 N–H and O–H groups in total. The van der Waals surface area contributed by atoms with Gasteiger partial charge in [0.1, 0.15) is 0 Å². The number of pyridine rings is 1. The van der Waals surface area contributed by atoms with Crippen molar-refractivity contribution in [2.24, 2.45) is 0 Å². The zero-order valence-electron chi connectivity index (χ0n) is 14.3. The van der Waals surface area contributed by atoms with Gasteiger partial charge in [-0.1, -0.05) is 30.0 Å². The minimum absolute atomic E-state index is 0.0709. The molecule has 27 heavy (non-hydrogen) atoms. The Hall–Kier alpha value is -3.33. The Bertz CT molecular complexity index is 1140. The zero-order chi connectivity index (χ0) is 18.8. The number of thioether (sulfide) groups is 1. The molecule has 0 spiro atoms. The van der Waals surface area contributed by atoms with Crippen LogP contribution in [-0.4, -0.2) is 32.2 Å². The molecule has 2 amide bonds. The van der Waals surface area contributed by atoms with Crippen LogP contribution in [0.1, 0.15) is 16.1 Å². The van der Waals surface area contributed by atoms with E-state index in [2.05, 4.69) is 21.0 Å². The van der Waals surface area contributed by atoms with Crippen molar-refractivity contribution >= 4 is 40.1 Å². The number of nitrogens with zero attached hydrogens (tertiary/aromatic N) is 3. The van der Waals surface area contributed by atoms with Crippen LogP contribution in [0.15, 0.2) is 58.3 Å². The van der Waals surface area contributed by atoms with Crippen LogP contribution in [0.25, 0.3) is 16.6 Å². The van der Waals surface area contributed by atoms with Gasteiger partial charge in [-0.05, 0) is 36.8 Å². The molecule has 0 aliphatic rings. The monoisotopic (exact) mass is 381 g/mol. The highest BCUT2D eigenvalue weighted by Gasteiger charge is 2.14. The Morgan fingerprint density at radius 3 is 2.81 bits per heavy atom. The maximum absolute atomic E-state index is 12.0. The molecular weight excluding hydrogens is 366 g/mol. The third-order valence-electron chi connectivity index (χ3n) is 3.97. The lowest BCUT2D eigenvalue weighted by atomic mass is 10.1. The molecule has 0 atom stereocenters. The van der Waals surface area contributed by atoms with Crippen molar-refractivity contribution < 1.29 is 14.0 Å². The molecule has 0 radical (unpaired) electrons. The first-order valence-corrected chi connectivity index (χ1v) is 9.11. The number of furan rings is 1. The highest BCUT2D eigenvalue weighted by atomic mass is 32.2. The molecule has 8 nitrogen and oxygen atoms in total. The van der Waals surface area contributed by atoms with E-state index in [1.54, 1.807) is 6.07 Å². The number of hydrogen-bond donors (Lipinski definition) is 2. The van der Waals surface area contributed by atoms with E-state index in [9.17, 15) is 9.59 Å². The quantitative estimate of drug-likeness (QED) is 0.416. The summed E-state index contributed by atoms with van der Waals surface area (Å²) >= 11 is 1.24. The van der Waals surface area contributed by atoms with Gasteiger partial charge < -0.3 is 4.42 Å². The molecule has 4 aromatic rings. The normalized spacial score (nSPS) is 11.0. The smallest absolute Gasteiger partial charge is 0.305 e. The van der Waals surface area contributed by atoms with Gasteiger partial charge in [-0.2, -0.15) is 0 Å². The second kappa shape index (κ2) is 7.12. The maximum Gasteiger partial charge on any atom is 0.305 e. The van der Waals surface area contributed by atoms with E-state index in [0.29, 0.717) is 5.16 Å². The second-order valence-corrected chi connectivity index (χ2v) is 6.73. The van der Waals surface area contributed by atoms with Gasteiger partial charge >= 0.3 is 5.91 Å². The summed E-state index contributed by atoms with van der Waals surface area (Å²) in [5.41, 5.74) is 7.46. The molecule has 3 heterocycles. The maximum atomic E-state index is 12.0. The van der Waals surface area contributed by atoms with Crippen LogP contribution in [0.2, 0.25) is 0 Å². The summed E-state index contributed by atoms with van der Waals surface area (Å²) in [5.74, 6) is -0.699. The number of aryl methyl sites for hydroxylation is 1. The number of fused-ring (bicyclic) bond motifs is 3. The second-order valence-electron chi connectivity index (χ2n) is 5.79. The van der Waals surface area contributed by atoms with Crippen molar-refractivity contribution in [3.05, 3.63) is 60.1 Å². The highest BCUT2D eigenvalue weighted by Crippen LogP contribution is 2.25. The highest BCUT2D eigenvalue weighted by molar-refractivity contribution is 7.99. The molecule has 0 bridgehead atoms. The van der Waals surface area contributed by atoms with Crippen LogP contribution in [-0.2, 0) is 4.79 Å². The molecule has 0 saturated heterocycles. The van der Waals surface area contributed by atoms with Crippen LogP contribution in [0.5, 0.6) is 0 Å². The van der Waals surface area contributed by atoms with E-state index >= 15 is 0 Å². The molecule has 0 saturated carbocycles. The predicted molar refractivity (Wildman–Crippen MR) is 100 cm³/mol. The fraction of sp³-hybridized carbons (Fsp3) is 0.111. The van der Waals surface area contributed by atoms with Crippen LogP contribution in [0.3, 0.4) is 0 Å². The first-order chi connectivity index (χ1) is 13.1. The Labute approximate surface area is 157 Å². The molecule has 1 aromatic carbocycles. The van der Waals surface area contributed by atoms with Crippen LogP contribution >= 0.6 is 11.8 Å². The lowest BCUT2D eigenvalue weighted by Gasteiger charge is -2.08. The summed E-state index contributed by atoms with van der Waals surface area (Å²) in [7, 11) is 0. The molecule has 0 fully saturated rings. The number of carbonyl (C=O) groups excluding carboxylic acids is 2. The van der Waals surface area contributed by atoms with E-state index in [4.69, 9.17) is 4.42 Å². The number of nitrogens with one attached hydrogen (secondary N) is 2. The zero-order valence-corrected chi connectivity index (χ0v) is 15.1. The Balaban J connectivity index is 1.47. The van der Waals surface area contributed by atoms with Gasteiger partial charge in [-0.15, -0.1) is 10.2 Å². The van der Waals surface area contributed by atoms with Crippen molar-refractivity contribution in [3.8, 4) is 0 Å². The van der Waals surface area contributed by atoms with Gasteiger partial charge in [0.15, 0.2) is 16.6 Å². The molecule has 4 rings (SSSR count). The number of carbonyl (C=O) groups is 2. The van der Waals surface area contributed by atoms with Crippen LogP contribution in [0, 0.1) is 6.92 Å². The molecule has 0 aliphatic carbocycles. The minimum atomic E-state index is -0.521. The summed E-state index contributed by atoms with van der Waals surface area (Å²) in [5, 5.41) is 10.1. The summed E-state index contributed by atoms with van der Waals surface area (Å²) in [6.07, 6.45) is 1.38. The van der Waals surface area contributed by atoms with Crippen LogP contribution in [0.4, 0.5) is 0 Å². The standard InChI is InChI=1S/C18H15N5O3S/c1-11-9-15-19-22-18(23(15)13-6-3-2-5-12(11)13)27-10-16(24)20-21-17(25)14-7-4-8-26-14/h2-9H,10H2,1H3,(H,20,24)(H,21,25). The van der Waals surface area contributed by atoms with Gasteiger partial charge in [0.05, 0.1) is 17.5 Å². The molecular formula is C18H15N5O3S. The number of hydrazine groups is 1. The first kappa shape index (κ1) is 17.1. The van der Waals surface area contributed by atoms with E-state index in [1.807, 2.05) is 41.7 Å². The topological polar surface area (TPSA) is 102 Å². The molecule has 0 unspecified atom stereocenters. The number of benzene rings is 1. The number of hydrogen-bond acceptors (Lipinski definition) is 6. The van der Waals surface area contributed by atoms with Gasteiger partial charge in [-0.3, -0.25) is 24.8 Å². The van der Waals surface area contributed by atoms with Gasteiger partial charge in [0.2, 0.25) is 5.91 Å². The van der Waals surface area contributed by atoms with Crippen molar-refractivity contribution in [2.75, 3.05) is 5.75 Å². The number of rotatable bonds is 4. The predicted octanol–water partition coefficient (Wildman–Crippen LogP) is 2.34. The van der Waals surface area contributed by atoms with E-state index < -0.39 is 5.91 Å². The molecule has 136 valence electrons. The van der Waals surface area contributed by atoms with Crippen LogP contribution < -0.4 is 10.9 Å². The number of para-hydroxylation sites is 1. The number of aromatic nitrogens is 3. The van der Waals surface area contributed by atoms with E-state index in [0.717, 1.165) is 22.1 Å². The summed E-state index contributed by atoms with van der Waals surface area (Å²) in [6.45, 7) is 2.03. The summed E-state index contributed by atoms with van der Waals surface area (Å²) in [4.78, 5) is 23.8. The Morgan fingerprint density at radius 1 is 1.15 bits per heavy atom. The van der Waals surface area contributed by atoms with Gasteiger partial charge in [-0.25, -0.2) is 0 Å². The fourth-order valence-corrected chi connectivity index (χ4v) is 3.48. The van der Waals surface area contributed by atoms with E-state index in [-0.39, 0.29) is 17.4 Å². The van der Waals surface area contributed by atoms with Crippen molar-refractivity contribution in [1.82, 2.24) is 25.4 Å². The van der Waals surface area contributed by atoms with Gasteiger partial charge in [0.25, 0.3) is 0 Å². The molecule has 0 aliphatic heterocycles. The van der Waals surface area contributed by atoms with Gasteiger partial charge in [0, 0.05) is 5.39 Å². The SMILES string of the molecule is Cc1cc2nnc(SCC(=O)NNC(=O)c3ccco3)n2c2ccccc12. The fourth-order valence-electron chi connectivity index (χ4n) is 2.73. The third-order valence-corrected chi connectivity index (χ3v) is 4.90. The number of amides is 2. The Kier molecular flexibility index (Phi) is 4.51. The average Bonchev–Trinajstić information content (AvgIpc) is 3.35. The lowest BCUT2D eigenvalue weighted by Crippen LogP contribution is -2.42. The average molecular weight is 381 g/mol. The largest absolute Gasteiger partial charge is 0.459 e. The molecule has 3 aromatic heterocycles. The first-order valence-electron chi connectivity index (χ1n) is 8.12. The van der Waals surface area contributed by atoms with Crippen molar-refractivity contribution in [1.29, 1.82) is 0 Å². The van der Waals surface area contributed by atoms with Crippen molar-refractivity contribution in [2.45, 2.75) is 12.1 Å². The minimum Gasteiger partial charge on any atom is -0.459 e. The summed E-state index contributed by atoms with van der Waals surface area (Å²) in [6, 6.07) is 13.0. The molecule has 9 heteroatoms. The Morgan fingerprint density at radius 2 is 2.00 bits per heavy atom.